The van der Waals surface area contributed by atoms with Crippen molar-refractivity contribution in [3.8, 4) is 0 Å². The van der Waals surface area contributed by atoms with Gasteiger partial charge in [-0.15, -0.1) is 0 Å². The van der Waals surface area contributed by atoms with Crippen molar-refractivity contribution in [2.24, 2.45) is 11.7 Å². The maximum Gasteiger partial charge on any atom is 0.150 e. The number of nitrogens with two attached hydrogens (primary N) is 1. The number of likely N-dealkylation sites (N-methyl/N-ethyl adjacent to an activating group) is 1. The number of hydrogen-bond donors (Lipinski definition) is 1. The topological polar surface area (TPSA) is 63.4 Å². The van der Waals surface area contributed by atoms with Gasteiger partial charge in [0.2, 0.25) is 0 Å². The third-order valence-corrected chi connectivity index (χ3v) is 6.57. The molecular formula is C14H30N2O2S. The minimum Gasteiger partial charge on any atom is -0.329 e. The second-order valence-electron chi connectivity index (χ2n) is 6.12. The van der Waals surface area contributed by atoms with E-state index in [-0.39, 0.29) is 11.3 Å². The van der Waals surface area contributed by atoms with Crippen molar-refractivity contribution < 1.29 is 8.42 Å². The van der Waals surface area contributed by atoms with Crippen LogP contribution in [-0.2, 0) is 9.84 Å². The largest absolute Gasteiger partial charge is 0.329 e. The van der Waals surface area contributed by atoms with Gasteiger partial charge in [-0.1, -0.05) is 13.8 Å². The molecule has 1 aliphatic carbocycles. The van der Waals surface area contributed by atoms with Crippen LogP contribution in [-0.4, -0.2) is 50.5 Å². The van der Waals surface area contributed by atoms with Gasteiger partial charge in [-0.2, -0.15) is 0 Å². The van der Waals surface area contributed by atoms with Crippen molar-refractivity contribution in [3.63, 3.8) is 0 Å². The summed E-state index contributed by atoms with van der Waals surface area (Å²) in [4.78, 5) is 2.31. The normalized spacial score (nSPS) is 28.8. The molecule has 0 unspecified atom stereocenters. The fourth-order valence-electron chi connectivity index (χ4n) is 2.94. The molecule has 0 spiro atoms. The van der Waals surface area contributed by atoms with Crippen molar-refractivity contribution in [2.45, 2.75) is 51.5 Å². The van der Waals surface area contributed by atoms with Gasteiger partial charge in [0.25, 0.3) is 0 Å². The van der Waals surface area contributed by atoms with E-state index in [0.717, 1.165) is 25.3 Å². The lowest BCUT2D eigenvalue weighted by Crippen LogP contribution is -2.54. The Kier molecular flexibility index (Phi) is 6.27. The molecule has 114 valence electrons. The summed E-state index contributed by atoms with van der Waals surface area (Å²) >= 11 is 0. The summed E-state index contributed by atoms with van der Waals surface area (Å²) in [5.74, 6) is 1.34. The van der Waals surface area contributed by atoms with Crippen LogP contribution in [0.5, 0.6) is 0 Å². The summed E-state index contributed by atoms with van der Waals surface area (Å²) in [5, 5.41) is 0. The second-order valence-corrected chi connectivity index (χ2v) is 8.60. The van der Waals surface area contributed by atoms with E-state index < -0.39 is 9.84 Å². The first-order valence-electron chi connectivity index (χ1n) is 7.47. The van der Waals surface area contributed by atoms with Crippen LogP contribution >= 0.6 is 0 Å². The Labute approximate surface area is 118 Å². The van der Waals surface area contributed by atoms with E-state index >= 15 is 0 Å². The molecule has 0 atom stereocenters. The van der Waals surface area contributed by atoms with Crippen molar-refractivity contribution in [1.29, 1.82) is 0 Å². The van der Waals surface area contributed by atoms with E-state index in [1.54, 1.807) is 6.92 Å². The predicted octanol–water partition coefficient (Wildman–Crippen LogP) is 1.65. The van der Waals surface area contributed by atoms with Crippen LogP contribution < -0.4 is 5.73 Å². The highest BCUT2D eigenvalue weighted by atomic mass is 32.2. The number of hydrogen-bond acceptors (Lipinski definition) is 4. The predicted molar refractivity (Wildman–Crippen MR) is 81.0 cm³/mol. The molecule has 1 rings (SSSR count). The van der Waals surface area contributed by atoms with Crippen LogP contribution in [0.2, 0.25) is 0 Å². The summed E-state index contributed by atoms with van der Waals surface area (Å²) in [6, 6.07) is 0. The molecule has 0 aromatic rings. The van der Waals surface area contributed by atoms with Gasteiger partial charge >= 0.3 is 0 Å². The maximum atomic E-state index is 11.5. The standard InChI is InChI=1S/C14H30N2O2S/c1-4-19(17,18)11-5-10-16(3)14(12-15)8-6-13(2)7-9-14/h13H,4-12,15H2,1-3H3. The zero-order chi connectivity index (χ0) is 14.5. The average molecular weight is 290 g/mol. The molecule has 1 fully saturated rings. The van der Waals surface area contributed by atoms with E-state index in [2.05, 4.69) is 18.9 Å². The molecular weight excluding hydrogens is 260 g/mol. The van der Waals surface area contributed by atoms with E-state index in [1.165, 1.54) is 12.8 Å². The SMILES string of the molecule is CCS(=O)(=O)CCCN(C)C1(CN)CCC(C)CC1. The lowest BCUT2D eigenvalue weighted by atomic mass is 9.76. The molecule has 4 nitrogen and oxygen atoms in total. The monoisotopic (exact) mass is 290 g/mol. The van der Waals surface area contributed by atoms with Crippen molar-refractivity contribution in [1.82, 2.24) is 4.90 Å². The van der Waals surface area contributed by atoms with Crippen LogP contribution in [0.15, 0.2) is 0 Å². The molecule has 0 heterocycles. The third-order valence-electron chi connectivity index (χ3n) is 4.78. The highest BCUT2D eigenvalue weighted by molar-refractivity contribution is 7.91. The molecule has 0 amide bonds. The number of rotatable bonds is 7. The minimum atomic E-state index is -2.84. The lowest BCUT2D eigenvalue weighted by molar-refractivity contribution is 0.0682. The molecule has 0 aliphatic heterocycles. The van der Waals surface area contributed by atoms with Gasteiger partial charge in [0.05, 0.1) is 5.75 Å². The average Bonchev–Trinajstić information content (AvgIpc) is 2.39. The molecule has 0 aromatic carbocycles. The quantitative estimate of drug-likeness (QED) is 0.774. The Balaban J connectivity index is 2.48. The van der Waals surface area contributed by atoms with E-state index in [4.69, 9.17) is 5.73 Å². The molecule has 2 N–H and O–H groups in total. The van der Waals surface area contributed by atoms with Crippen LogP contribution in [0.25, 0.3) is 0 Å². The smallest absolute Gasteiger partial charge is 0.150 e. The summed E-state index contributed by atoms with van der Waals surface area (Å²) in [6.45, 7) is 5.51. The summed E-state index contributed by atoms with van der Waals surface area (Å²) in [7, 11) is -0.740. The summed E-state index contributed by atoms with van der Waals surface area (Å²) in [5.41, 5.74) is 6.11. The van der Waals surface area contributed by atoms with Crippen LogP contribution in [0, 0.1) is 5.92 Å². The van der Waals surface area contributed by atoms with E-state index in [1.807, 2.05) is 0 Å². The first-order chi connectivity index (χ1) is 8.85. The lowest BCUT2D eigenvalue weighted by Gasteiger charge is -2.45. The Bertz CT molecular complexity index is 360. The highest BCUT2D eigenvalue weighted by Crippen LogP contribution is 2.35. The van der Waals surface area contributed by atoms with Crippen LogP contribution in [0.1, 0.15) is 46.0 Å². The van der Waals surface area contributed by atoms with E-state index in [0.29, 0.717) is 18.7 Å². The van der Waals surface area contributed by atoms with Gasteiger partial charge in [0.1, 0.15) is 9.84 Å². The molecule has 0 saturated heterocycles. The molecule has 19 heavy (non-hydrogen) atoms. The second kappa shape index (κ2) is 7.04. The van der Waals surface area contributed by atoms with Crippen molar-refractivity contribution in [3.05, 3.63) is 0 Å². The fourth-order valence-corrected chi connectivity index (χ4v) is 3.80. The maximum absolute atomic E-state index is 11.5. The minimum absolute atomic E-state index is 0.0997. The van der Waals surface area contributed by atoms with Gasteiger partial charge < -0.3 is 5.73 Å². The molecule has 1 saturated carbocycles. The van der Waals surface area contributed by atoms with E-state index in [9.17, 15) is 8.42 Å². The Hall–Kier alpha value is -0.130. The van der Waals surface area contributed by atoms with Crippen molar-refractivity contribution >= 4 is 9.84 Å². The first kappa shape index (κ1) is 16.9. The first-order valence-corrected chi connectivity index (χ1v) is 9.29. The van der Waals surface area contributed by atoms with Gasteiger partial charge in [0.15, 0.2) is 0 Å². The molecule has 5 heteroatoms. The van der Waals surface area contributed by atoms with Gasteiger partial charge in [-0.05, 0) is 51.6 Å². The van der Waals surface area contributed by atoms with Crippen molar-refractivity contribution in [2.75, 3.05) is 31.6 Å². The van der Waals surface area contributed by atoms with Crippen LogP contribution in [0.3, 0.4) is 0 Å². The summed E-state index contributed by atoms with van der Waals surface area (Å²) < 4.78 is 23.0. The molecule has 0 radical (unpaired) electrons. The fraction of sp³-hybridized carbons (Fsp3) is 1.00. The Morgan fingerprint density at radius 1 is 1.32 bits per heavy atom. The zero-order valence-electron chi connectivity index (χ0n) is 12.7. The van der Waals surface area contributed by atoms with Gasteiger partial charge in [0, 0.05) is 17.8 Å². The number of nitrogens with zero attached hydrogens (tertiary/aromatic N) is 1. The highest BCUT2D eigenvalue weighted by Gasteiger charge is 2.36. The van der Waals surface area contributed by atoms with Crippen LogP contribution in [0.4, 0.5) is 0 Å². The molecule has 1 aliphatic rings. The van der Waals surface area contributed by atoms with Gasteiger partial charge in [-0.3, -0.25) is 4.90 Å². The third kappa shape index (κ3) is 4.72. The molecule has 0 aromatic heterocycles. The van der Waals surface area contributed by atoms with Gasteiger partial charge in [-0.25, -0.2) is 8.42 Å². The summed E-state index contributed by atoms with van der Waals surface area (Å²) in [6.07, 6.45) is 5.46. The zero-order valence-corrected chi connectivity index (χ0v) is 13.5. The Morgan fingerprint density at radius 3 is 2.37 bits per heavy atom. The molecule has 0 bridgehead atoms. The number of sulfone groups is 1. The Morgan fingerprint density at radius 2 is 1.89 bits per heavy atom.